The number of rotatable bonds is 9. The smallest absolute Gasteiger partial charge is 0.328 e. The number of carbonyl (C=O) groups excluding carboxylic acids is 3. The summed E-state index contributed by atoms with van der Waals surface area (Å²) in [5.41, 5.74) is 2.86. The lowest BCUT2D eigenvalue weighted by Crippen LogP contribution is -2.50. The molecule has 41 heavy (non-hydrogen) atoms. The monoisotopic (exact) mass is 616 g/mol. The molecule has 0 aromatic heterocycles. The van der Waals surface area contributed by atoms with Crippen LogP contribution < -0.4 is 20.9 Å². The molecule has 0 saturated heterocycles. The standard InChI is InChI=1S/C29H27Cl3N4O5/c1-36(24(37)14-16-5-4-7-18(30)13-16)23-12-10-20(31)25(26(23)32)27(38)34-22(28(39)40)15-33-29(41)35-21-11-9-17-6-2-3-8-19(17)21/h2-8,10,12-13,21-22H,9,11,14-15H2,1H3,(H,34,38)(H,39,40)(H2,33,35,41). The molecular weight excluding hydrogens is 591 g/mol. The summed E-state index contributed by atoms with van der Waals surface area (Å²) >= 11 is 18.8. The van der Waals surface area contributed by atoms with Gasteiger partial charge in [-0.3, -0.25) is 9.59 Å². The summed E-state index contributed by atoms with van der Waals surface area (Å²) < 4.78 is 0. The highest BCUT2D eigenvalue weighted by Gasteiger charge is 2.28. The maximum Gasteiger partial charge on any atom is 0.328 e. The zero-order valence-electron chi connectivity index (χ0n) is 21.9. The molecule has 0 radical (unpaired) electrons. The molecule has 3 aromatic rings. The number of amides is 4. The molecule has 2 unspecified atom stereocenters. The van der Waals surface area contributed by atoms with Gasteiger partial charge in [0.2, 0.25) is 5.91 Å². The topological polar surface area (TPSA) is 128 Å². The number of benzene rings is 3. The molecule has 214 valence electrons. The molecule has 3 aromatic carbocycles. The van der Waals surface area contributed by atoms with Crippen molar-refractivity contribution in [2.45, 2.75) is 31.3 Å². The average Bonchev–Trinajstić information content (AvgIpc) is 3.33. The Morgan fingerprint density at radius 3 is 2.51 bits per heavy atom. The summed E-state index contributed by atoms with van der Waals surface area (Å²) in [5, 5.41) is 17.7. The summed E-state index contributed by atoms with van der Waals surface area (Å²) in [4.78, 5) is 51.8. The number of hydrogen-bond donors (Lipinski definition) is 4. The lowest BCUT2D eigenvalue weighted by atomic mass is 10.1. The second-order valence-corrected chi connectivity index (χ2v) is 10.7. The van der Waals surface area contributed by atoms with Gasteiger partial charge in [0.05, 0.1) is 40.3 Å². The van der Waals surface area contributed by atoms with E-state index in [0.717, 1.165) is 24.0 Å². The quantitative estimate of drug-likeness (QED) is 0.268. The first-order valence-corrected chi connectivity index (χ1v) is 13.8. The Kier molecular flexibility index (Phi) is 9.75. The van der Waals surface area contributed by atoms with E-state index in [1.807, 2.05) is 24.3 Å². The first kappa shape index (κ1) is 30.2. The van der Waals surface area contributed by atoms with Crippen molar-refractivity contribution < 1.29 is 24.3 Å². The number of carboxylic acid groups (broad SMARTS) is 1. The number of aliphatic carboxylic acids is 1. The molecular formula is C29H27Cl3N4O5. The van der Waals surface area contributed by atoms with Crippen LogP contribution in [-0.4, -0.2) is 48.6 Å². The molecule has 0 fully saturated rings. The van der Waals surface area contributed by atoms with Crippen molar-refractivity contribution in [2.75, 3.05) is 18.5 Å². The van der Waals surface area contributed by atoms with Gasteiger partial charge in [-0.05, 0) is 53.8 Å². The van der Waals surface area contributed by atoms with Crippen LogP contribution in [0.2, 0.25) is 15.1 Å². The van der Waals surface area contributed by atoms with Crippen LogP contribution in [0.25, 0.3) is 0 Å². The van der Waals surface area contributed by atoms with E-state index >= 15 is 0 Å². The Bertz CT molecular complexity index is 1500. The van der Waals surface area contributed by atoms with Crippen LogP contribution in [0.3, 0.4) is 0 Å². The lowest BCUT2D eigenvalue weighted by Gasteiger charge is -2.22. The minimum absolute atomic E-state index is 0.0266. The predicted molar refractivity (Wildman–Crippen MR) is 158 cm³/mol. The van der Waals surface area contributed by atoms with Crippen molar-refractivity contribution in [3.8, 4) is 0 Å². The van der Waals surface area contributed by atoms with Gasteiger partial charge in [0.15, 0.2) is 0 Å². The van der Waals surface area contributed by atoms with E-state index in [0.29, 0.717) is 10.6 Å². The van der Waals surface area contributed by atoms with Gasteiger partial charge in [-0.15, -0.1) is 0 Å². The van der Waals surface area contributed by atoms with Gasteiger partial charge in [-0.25, -0.2) is 9.59 Å². The third-order valence-electron chi connectivity index (χ3n) is 6.79. The molecule has 0 heterocycles. The van der Waals surface area contributed by atoms with Crippen LogP contribution in [0.5, 0.6) is 0 Å². The van der Waals surface area contributed by atoms with Crippen LogP contribution in [0.4, 0.5) is 10.5 Å². The average molecular weight is 618 g/mol. The number of fused-ring (bicyclic) bond motifs is 1. The highest BCUT2D eigenvalue weighted by Crippen LogP contribution is 2.34. The normalized spacial score (nSPS) is 14.5. The van der Waals surface area contributed by atoms with E-state index in [2.05, 4.69) is 16.0 Å². The number of aryl methyl sites for hydroxylation is 1. The third-order valence-corrected chi connectivity index (χ3v) is 7.72. The molecule has 4 rings (SSSR count). The van der Waals surface area contributed by atoms with Crippen molar-refractivity contribution in [1.29, 1.82) is 0 Å². The van der Waals surface area contributed by atoms with Gasteiger partial charge in [-0.1, -0.05) is 71.2 Å². The minimum Gasteiger partial charge on any atom is -0.480 e. The Morgan fingerprint density at radius 2 is 1.78 bits per heavy atom. The van der Waals surface area contributed by atoms with Crippen LogP contribution in [0.1, 0.15) is 39.5 Å². The van der Waals surface area contributed by atoms with Crippen LogP contribution in [-0.2, 0) is 22.4 Å². The fourth-order valence-corrected chi connectivity index (χ4v) is 5.51. The van der Waals surface area contributed by atoms with Gasteiger partial charge in [-0.2, -0.15) is 0 Å². The molecule has 4 amide bonds. The maximum atomic E-state index is 13.1. The van der Waals surface area contributed by atoms with Crippen LogP contribution in [0, 0.1) is 0 Å². The van der Waals surface area contributed by atoms with Crippen molar-refractivity contribution in [3.63, 3.8) is 0 Å². The molecule has 1 aliphatic carbocycles. The summed E-state index contributed by atoms with van der Waals surface area (Å²) in [6.45, 7) is -0.395. The summed E-state index contributed by atoms with van der Waals surface area (Å²) in [6, 6.07) is 15.3. The van der Waals surface area contributed by atoms with Gasteiger partial charge >= 0.3 is 12.0 Å². The summed E-state index contributed by atoms with van der Waals surface area (Å²) in [5.74, 6) is -2.58. The zero-order chi connectivity index (χ0) is 29.7. The Morgan fingerprint density at radius 1 is 1.02 bits per heavy atom. The number of carboxylic acids is 1. The first-order valence-electron chi connectivity index (χ1n) is 12.7. The Labute approximate surface area is 251 Å². The van der Waals surface area contributed by atoms with Crippen molar-refractivity contribution in [1.82, 2.24) is 16.0 Å². The van der Waals surface area contributed by atoms with Gasteiger partial charge in [0.1, 0.15) is 6.04 Å². The predicted octanol–water partition coefficient (Wildman–Crippen LogP) is 5.02. The van der Waals surface area contributed by atoms with E-state index in [1.165, 1.54) is 24.1 Å². The molecule has 0 spiro atoms. The van der Waals surface area contributed by atoms with Gasteiger partial charge in [0, 0.05) is 12.1 Å². The highest BCUT2D eigenvalue weighted by atomic mass is 35.5. The molecule has 9 nitrogen and oxygen atoms in total. The fourth-order valence-electron chi connectivity index (χ4n) is 4.62. The number of carbonyl (C=O) groups is 4. The zero-order valence-corrected chi connectivity index (χ0v) is 24.2. The van der Waals surface area contributed by atoms with E-state index in [1.54, 1.807) is 24.3 Å². The van der Waals surface area contributed by atoms with E-state index in [9.17, 15) is 24.3 Å². The van der Waals surface area contributed by atoms with Crippen molar-refractivity contribution in [3.05, 3.63) is 98.0 Å². The number of anilines is 1. The summed E-state index contributed by atoms with van der Waals surface area (Å²) in [7, 11) is 1.50. The summed E-state index contributed by atoms with van der Waals surface area (Å²) in [6.07, 6.45) is 1.59. The molecule has 1 aliphatic rings. The minimum atomic E-state index is -1.48. The molecule has 0 bridgehead atoms. The van der Waals surface area contributed by atoms with Crippen molar-refractivity contribution in [2.24, 2.45) is 0 Å². The second-order valence-electron chi connectivity index (χ2n) is 9.52. The number of nitrogens with one attached hydrogen (secondary N) is 3. The van der Waals surface area contributed by atoms with E-state index in [4.69, 9.17) is 34.8 Å². The Balaban J connectivity index is 1.41. The van der Waals surface area contributed by atoms with Crippen LogP contribution in [0.15, 0.2) is 60.7 Å². The number of urea groups is 1. The lowest BCUT2D eigenvalue weighted by molar-refractivity contribution is -0.139. The number of nitrogens with zero attached hydrogens (tertiary/aromatic N) is 1. The van der Waals surface area contributed by atoms with E-state index < -0.39 is 30.5 Å². The first-order chi connectivity index (χ1) is 19.5. The molecule has 0 saturated carbocycles. The van der Waals surface area contributed by atoms with Gasteiger partial charge < -0.3 is 26.0 Å². The van der Waals surface area contributed by atoms with E-state index in [-0.39, 0.29) is 39.7 Å². The molecule has 4 N–H and O–H groups in total. The van der Waals surface area contributed by atoms with Crippen molar-refractivity contribution >= 4 is 64.3 Å². The number of likely N-dealkylation sites (N-methyl/N-ethyl adjacent to an activating group) is 1. The number of halogens is 3. The molecule has 0 aliphatic heterocycles. The SMILES string of the molecule is CN(C(=O)Cc1cccc(Cl)c1)c1ccc(Cl)c(C(=O)NC(CNC(=O)NC2CCc3ccccc32)C(=O)O)c1Cl. The molecule has 12 heteroatoms. The maximum absolute atomic E-state index is 13.1. The highest BCUT2D eigenvalue weighted by molar-refractivity contribution is 6.41. The molecule has 2 atom stereocenters. The van der Waals surface area contributed by atoms with Crippen LogP contribution >= 0.6 is 34.8 Å². The van der Waals surface area contributed by atoms with Gasteiger partial charge in [0.25, 0.3) is 5.91 Å². The Hall–Kier alpha value is -3.79. The fraction of sp³-hybridized carbons (Fsp3) is 0.241. The third kappa shape index (κ3) is 7.30. The second kappa shape index (κ2) is 13.2. The largest absolute Gasteiger partial charge is 0.480 e. The number of hydrogen-bond acceptors (Lipinski definition) is 4.